The van der Waals surface area contributed by atoms with E-state index in [0.717, 1.165) is 5.56 Å². The first-order valence-corrected chi connectivity index (χ1v) is 8.39. The van der Waals surface area contributed by atoms with Gasteiger partial charge in [0.25, 0.3) is 0 Å². The normalized spacial score (nSPS) is 15.6. The first-order chi connectivity index (χ1) is 13.0. The van der Waals surface area contributed by atoms with Crippen LogP contribution in [0.25, 0.3) is 0 Å². The van der Waals surface area contributed by atoms with Crippen LogP contribution < -0.4 is 23.7 Å². The minimum atomic E-state index is -0.395. The van der Waals surface area contributed by atoms with E-state index in [2.05, 4.69) is 0 Å². The summed E-state index contributed by atoms with van der Waals surface area (Å²) in [7, 11) is 6.07. The van der Waals surface area contributed by atoms with Gasteiger partial charge < -0.3 is 28.8 Å². The fourth-order valence-corrected chi connectivity index (χ4v) is 3.23. The number of methoxy groups -OCH3 is 4. The molecule has 3 rings (SSSR count). The number of phenols is 1. The van der Waals surface area contributed by atoms with Crippen molar-refractivity contribution < 1.29 is 33.6 Å². The van der Waals surface area contributed by atoms with Gasteiger partial charge in [-0.15, -0.1) is 0 Å². The summed E-state index contributed by atoms with van der Waals surface area (Å²) in [5, 5.41) is 10.2. The molecule has 0 bridgehead atoms. The SMILES string of the molecule is COc1ccc2c(c1O)OCC(Cc1cc(OC)c(OC)c(OC)c1)C2=O. The number of hydrogen-bond acceptors (Lipinski definition) is 7. The molecule has 27 heavy (non-hydrogen) atoms. The molecule has 1 N–H and O–H groups in total. The third kappa shape index (κ3) is 3.32. The van der Waals surface area contributed by atoms with Gasteiger partial charge in [0.1, 0.15) is 0 Å². The molecule has 0 aromatic heterocycles. The van der Waals surface area contributed by atoms with Crippen LogP contribution in [0, 0.1) is 5.92 Å². The lowest BCUT2D eigenvalue weighted by molar-refractivity contribution is 0.0825. The van der Waals surface area contributed by atoms with E-state index in [1.807, 2.05) is 12.1 Å². The molecular formula is C20H22O7. The minimum absolute atomic E-state index is 0.0945. The summed E-state index contributed by atoms with van der Waals surface area (Å²) >= 11 is 0. The summed E-state index contributed by atoms with van der Waals surface area (Å²) in [6, 6.07) is 6.79. The Bertz CT molecular complexity index is 835. The molecule has 1 unspecified atom stereocenters. The van der Waals surface area contributed by atoms with Gasteiger partial charge in [-0.05, 0) is 36.2 Å². The largest absolute Gasteiger partial charge is 0.502 e. The standard InChI is InChI=1S/C20H22O7/c1-23-14-6-5-13-17(21)12(10-27-19(13)18(14)22)7-11-8-15(24-2)20(26-4)16(9-11)25-3/h5-6,8-9,12,22H,7,10H2,1-4H3. The second-order valence-electron chi connectivity index (χ2n) is 6.10. The number of carbonyl (C=O) groups excluding carboxylic acids is 1. The number of carbonyl (C=O) groups is 1. The molecule has 0 aliphatic carbocycles. The maximum atomic E-state index is 12.9. The number of fused-ring (bicyclic) bond motifs is 1. The number of hydrogen-bond donors (Lipinski definition) is 1. The zero-order valence-corrected chi connectivity index (χ0v) is 15.7. The molecule has 0 spiro atoms. The lowest BCUT2D eigenvalue weighted by Gasteiger charge is -2.25. The number of rotatable bonds is 6. The summed E-state index contributed by atoms with van der Waals surface area (Å²) < 4.78 is 26.8. The topological polar surface area (TPSA) is 83.5 Å². The quantitative estimate of drug-likeness (QED) is 0.832. The van der Waals surface area contributed by atoms with Gasteiger partial charge in [-0.25, -0.2) is 0 Å². The Morgan fingerprint density at radius 3 is 2.19 bits per heavy atom. The highest BCUT2D eigenvalue weighted by atomic mass is 16.5. The number of ether oxygens (including phenoxy) is 5. The molecule has 0 radical (unpaired) electrons. The molecule has 0 saturated heterocycles. The summed E-state index contributed by atoms with van der Waals surface area (Å²) in [4.78, 5) is 12.9. The molecule has 1 atom stereocenters. The predicted octanol–water partition coefficient (Wildman–Crippen LogP) is 2.86. The van der Waals surface area contributed by atoms with Crippen LogP contribution in [0.4, 0.5) is 0 Å². The molecule has 2 aromatic carbocycles. The molecule has 1 aliphatic heterocycles. The number of ketones is 1. The second-order valence-corrected chi connectivity index (χ2v) is 6.10. The van der Waals surface area contributed by atoms with Crippen molar-refractivity contribution in [2.24, 2.45) is 5.92 Å². The summed E-state index contributed by atoms with van der Waals surface area (Å²) in [5.74, 6) is 1.34. The Morgan fingerprint density at radius 1 is 1.00 bits per heavy atom. The van der Waals surface area contributed by atoms with Crippen molar-refractivity contribution in [2.75, 3.05) is 35.0 Å². The highest BCUT2D eigenvalue weighted by molar-refractivity contribution is 6.02. The van der Waals surface area contributed by atoms with Crippen LogP contribution in [-0.2, 0) is 6.42 Å². The van der Waals surface area contributed by atoms with E-state index >= 15 is 0 Å². The van der Waals surface area contributed by atoms with Gasteiger partial charge in [-0.2, -0.15) is 0 Å². The summed E-state index contributed by atoms with van der Waals surface area (Å²) in [5.41, 5.74) is 1.20. The Hall–Kier alpha value is -3.09. The Kier molecular flexibility index (Phi) is 5.30. The molecule has 7 nitrogen and oxygen atoms in total. The van der Waals surface area contributed by atoms with Crippen molar-refractivity contribution in [2.45, 2.75) is 6.42 Å². The Labute approximate surface area is 157 Å². The molecule has 0 fully saturated rings. The molecule has 7 heteroatoms. The van der Waals surface area contributed by atoms with E-state index in [-0.39, 0.29) is 29.6 Å². The van der Waals surface area contributed by atoms with Crippen molar-refractivity contribution >= 4 is 5.78 Å². The molecule has 0 amide bonds. The molecular weight excluding hydrogens is 352 g/mol. The third-order valence-electron chi connectivity index (χ3n) is 4.59. The fourth-order valence-electron chi connectivity index (χ4n) is 3.23. The van der Waals surface area contributed by atoms with Gasteiger partial charge in [0.15, 0.2) is 28.8 Å². The average molecular weight is 374 g/mol. The van der Waals surface area contributed by atoms with E-state index in [1.165, 1.54) is 14.2 Å². The van der Waals surface area contributed by atoms with Crippen LogP contribution in [0.15, 0.2) is 24.3 Å². The zero-order valence-electron chi connectivity index (χ0n) is 15.7. The van der Waals surface area contributed by atoms with Gasteiger partial charge in [0.05, 0.1) is 46.5 Å². The van der Waals surface area contributed by atoms with Crippen LogP contribution in [0.5, 0.6) is 34.5 Å². The van der Waals surface area contributed by atoms with Crippen LogP contribution in [0.3, 0.4) is 0 Å². The maximum Gasteiger partial charge on any atom is 0.203 e. The van der Waals surface area contributed by atoms with Gasteiger partial charge in [-0.1, -0.05) is 0 Å². The van der Waals surface area contributed by atoms with Gasteiger partial charge in [0, 0.05) is 0 Å². The van der Waals surface area contributed by atoms with Gasteiger partial charge in [0.2, 0.25) is 11.5 Å². The van der Waals surface area contributed by atoms with Crippen molar-refractivity contribution in [3.63, 3.8) is 0 Å². The predicted molar refractivity (Wildman–Crippen MR) is 97.8 cm³/mol. The zero-order chi connectivity index (χ0) is 19.6. The average Bonchev–Trinajstić information content (AvgIpc) is 2.69. The summed E-state index contributed by atoms with van der Waals surface area (Å²) in [6.07, 6.45) is 0.432. The Balaban J connectivity index is 1.89. The van der Waals surface area contributed by atoms with E-state index < -0.39 is 5.92 Å². The van der Waals surface area contributed by atoms with Crippen LogP contribution in [-0.4, -0.2) is 45.9 Å². The van der Waals surface area contributed by atoms with Crippen molar-refractivity contribution in [1.29, 1.82) is 0 Å². The van der Waals surface area contributed by atoms with E-state index in [1.54, 1.807) is 26.4 Å². The summed E-state index contributed by atoms with van der Waals surface area (Å²) in [6.45, 7) is 0.156. The third-order valence-corrected chi connectivity index (χ3v) is 4.59. The lowest BCUT2D eigenvalue weighted by atomic mass is 9.89. The smallest absolute Gasteiger partial charge is 0.203 e. The van der Waals surface area contributed by atoms with E-state index in [0.29, 0.717) is 29.2 Å². The van der Waals surface area contributed by atoms with Gasteiger partial charge >= 0.3 is 0 Å². The molecule has 2 aromatic rings. The van der Waals surface area contributed by atoms with Gasteiger partial charge in [-0.3, -0.25) is 4.79 Å². The van der Waals surface area contributed by atoms with Crippen molar-refractivity contribution in [3.8, 4) is 34.5 Å². The first-order valence-electron chi connectivity index (χ1n) is 8.39. The molecule has 0 saturated carbocycles. The fraction of sp³-hybridized carbons (Fsp3) is 0.350. The minimum Gasteiger partial charge on any atom is -0.502 e. The van der Waals surface area contributed by atoms with Crippen LogP contribution >= 0.6 is 0 Å². The number of Topliss-reactive ketones (excluding diaryl/α,β-unsaturated/α-hetero) is 1. The lowest BCUT2D eigenvalue weighted by Crippen LogP contribution is -2.29. The maximum absolute atomic E-state index is 12.9. The number of aromatic hydroxyl groups is 1. The van der Waals surface area contributed by atoms with Crippen LogP contribution in [0.1, 0.15) is 15.9 Å². The Morgan fingerprint density at radius 2 is 1.63 bits per heavy atom. The molecule has 144 valence electrons. The number of phenolic OH excluding ortho intramolecular Hbond substituents is 1. The van der Waals surface area contributed by atoms with E-state index in [4.69, 9.17) is 23.7 Å². The monoisotopic (exact) mass is 374 g/mol. The van der Waals surface area contributed by atoms with Crippen LogP contribution in [0.2, 0.25) is 0 Å². The first kappa shape index (κ1) is 18.7. The van der Waals surface area contributed by atoms with E-state index in [9.17, 15) is 9.90 Å². The molecule has 1 heterocycles. The number of benzene rings is 2. The molecule has 1 aliphatic rings. The second kappa shape index (κ2) is 7.65. The highest BCUT2D eigenvalue weighted by Gasteiger charge is 2.32. The van der Waals surface area contributed by atoms with Crippen molar-refractivity contribution in [1.82, 2.24) is 0 Å². The highest BCUT2D eigenvalue weighted by Crippen LogP contribution is 2.43. The van der Waals surface area contributed by atoms with Crippen molar-refractivity contribution in [3.05, 3.63) is 35.4 Å².